The fraction of sp³-hybridized carbons (Fsp3) is 0.692. The number of esters is 1. The molecule has 2 rings (SSSR count). The van der Waals surface area contributed by atoms with Crippen LogP contribution in [0.4, 0.5) is 5.13 Å². The third kappa shape index (κ3) is 3.02. The van der Waals surface area contributed by atoms with Crippen molar-refractivity contribution in [3.63, 3.8) is 0 Å². The number of nitrogens with zero attached hydrogens (tertiary/aromatic N) is 2. The van der Waals surface area contributed by atoms with E-state index in [1.165, 1.54) is 30.6 Å². The molecule has 4 nitrogen and oxygen atoms in total. The Hall–Kier alpha value is -1.10. The number of hydrogen-bond donors (Lipinski definition) is 0. The van der Waals surface area contributed by atoms with Crippen molar-refractivity contribution >= 4 is 22.4 Å². The maximum absolute atomic E-state index is 11.5. The Morgan fingerprint density at radius 1 is 1.50 bits per heavy atom. The highest BCUT2D eigenvalue weighted by molar-refractivity contribution is 7.13. The van der Waals surface area contributed by atoms with E-state index in [1.54, 1.807) is 12.3 Å². The van der Waals surface area contributed by atoms with E-state index in [-0.39, 0.29) is 5.97 Å². The first-order chi connectivity index (χ1) is 8.74. The molecule has 0 amide bonds. The summed E-state index contributed by atoms with van der Waals surface area (Å²) in [6.45, 7) is 6.56. The molecule has 1 saturated heterocycles. The van der Waals surface area contributed by atoms with Crippen LogP contribution in [0.2, 0.25) is 0 Å². The van der Waals surface area contributed by atoms with E-state index >= 15 is 0 Å². The standard InChI is InChI=1S/C13H20N2O2S/c1-3-10-5-7-15(8-6-10)13-14-11(9-18-13)12(16)17-4-2/h9-10H,3-8H2,1-2H3. The number of hydrogen-bond acceptors (Lipinski definition) is 5. The van der Waals surface area contributed by atoms with E-state index in [4.69, 9.17) is 4.74 Å². The second kappa shape index (κ2) is 6.18. The van der Waals surface area contributed by atoms with Crippen molar-refractivity contribution in [2.45, 2.75) is 33.1 Å². The van der Waals surface area contributed by atoms with Crippen molar-refractivity contribution < 1.29 is 9.53 Å². The summed E-state index contributed by atoms with van der Waals surface area (Å²) >= 11 is 1.53. The lowest BCUT2D eigenvalue weighted by atomic mass is 9.95. The highest BCUT2D eigenvalue weighted by atomic mass is 32.1. The molecule has 18 heavy (non-hydrogen) atoms. The first-order valence-electron chi connectivity index (χ1n) is 6.62. The highest BCUT2D eigenvalue weighted by Gasteiger charge is 2.21. The average molecular weight is 268 g/mol. The third-order valence-corrected chi connectivity index (χ3v) is 4.34. The molecule has 1 fully saturated rings. The maximum Gasteiger partial charge on any atom is 0.357 e. The van der Waals surface area contributed by atoms with Crippen molar-refractivity contribution in [2.75, 3.05) is 24.6 Å². The minimum absolute atomic E-state index is 0.316. The van der Waals surface area contributed by atoms with Gasteiger partial charge >= 0.3 is 5.97 Å². The first-order valence-corrected chi connectivity index (χ1v) is 7.50. The van der Waals surface area contributed by atoms with Crippen LogP contribution in [0.3, 0.4) is 0 Å². The minimum Gasteiger partial charge on any atom is -0.461 e. The maximum atomic E-state index is 11.5. The lowest BCUT2D eigenvalue weighted by Crippen LogP contribution is -2.33. The Kier molecular flexibility index (Phi) is 4.58. The van der Waals surface area contributed by atoms with Gasteiger partial charge in [-0.3, -0.25) is 0 Å². The predicted octanol–water partition coefficient (Wildman–Crippen LogP) is 2.95. The summed E-state index contributed by atoms with van der Waals surface area (Å²) in [6, 6.07) is 0. The lowest BCUT2D eigenvalue weighted by molar-refractivity contribution is 0.0520. The molecule has 0 N–H and O–H groups in total. The number of carbonyl (C=O) groups excluding carboxylic acids is 1. The minimum atomic E-state index is -0.316. The monoisotopic (exact) mass is 268 g/mol. The van der Waals surface area contributed by atoms with Crippen LogP contribution in [0.1, 0.15) is 43.6 Å². The number of ether oxygens (including phenoxy) is 1. The summed E-state index contributed by atoms with van der Waals surface area (Å²) in [4.78, 5) is 18.2. The molecule has 0 radical (unpaired) electrons. The Labute approximate surface area is 112 Å². The van der Waals surface area contributed by atoms with Crippen molar-refractivity contribution in [3.05, 3.63) is 11.1 Å². The van der Waals surface area contributed by atoms with Crippen LogP contribution in [0.5, 0.6) is 0 Å². The normalized spacial score (nSPS) is 16.9. The molecule has 0 atom stereocenters. The summed E-state index contributed by atoms with van der Waals surface area (Å²) in [7, 11) is 0. The molecule has 0 bridgehead atoms. The van der Waals surface area contributed by atoms with Crippen LogP contribution >= 0.6 is 11.3 Å². The number of aromatic nitrogens is 1. The van der Waals surface area contributed by atoms with Gasteiger partial charge in [-0.1, -0.05) is 13.3 Å². The zero-order chi connectivity index (χ0) is 13.0. The van der Waals surface area contributed by atoms with Crippen molar-refractivity contribution in [1.29, 1.82) is 0 Å². The third-order valence-electron chi connectivity index (χ3n) is 3.44. The first kappa shape index (κ1) is 13.3. The zero-order valence-electron chi connectivity index (χ0n) is 11.0. The van der Waals surface area contributed by atoms with Gasteiger partial charge in [-0.15, -0.1) is 11.3 Å². The number of anilines is 1. The van der Waals surface area contributed by atoms with Gasteiger partial charge < -0.3 is 9.64 Å². The van der Waals surface area contributed by atoms with Crippen LogP contribution in [-0.4, -0.2) is 30.6 Å². The van der Waals surface area contributed by atoms with Gasteiger partial charge in [-0.25, -0.2) is 9.78 Å². The Balaban J connectivity index is 1.96. The van der Waals surface area contributed by atoms with E-state index in [1.807, 2.05) is 0 Å². The predicted molar refractivity (Wildman–Crippen MR) is 73.3 cm³/mol. The van der Waals surface area contributed by atoms with Crippen molar-refractivity contribution in [1.82, 2.24) is 4.98 Å². The molecule has 0 saturated carbocycles. The van der Waals surface area contributed by atoms with Gasteiger partial charge in [0.2, 0.25) is 0 Å². The summed E-state index contributed by atoms with van der Waals surface area (Å²) in [6.07, 6.45) is 3.72. The number of thiazole rings is 1. The smallest absolute Gasteiger partial charge is 0.357 e. The second-order valence-corrected chi connectivity index (χ2v) is 5.41. The van der Waals surface area contributed by atoms with Gasteiger partial charge in [-0.2, -0.15) is 0 Å². The van der Waals surface area contributed by atoms with E-state index in [2.05, 4.69) is 16.8 Å². The molecule has 1 aliphatic rings. The SMILES string of the molecule is CCOC(=O)c1csc(N2CCC(CC)CC2)n1. The number of carbonyl (C=O) groups is 1. The van der Waals surface area contributed by atoms with Gasteiger partial charge in [0, 0.05) is 18.5 Å². The molecule has 1 aromatic rings. The van der Waals surface area contributed by atoms with Gasteiger partial charge in [0.15, 0.2) is 10.8 Å². The summed E-state index contributed by atoms with van der Waals surface area (Å²) in [5.41, 5.74) is 0.439. The fourth-order valence-electron chi connectivity index (χ4n) is 2.24. The molecule has 0 aromatic carbocycles. The second-order valence-electron chi connectivity index (χ2n) is 4.57. The molecule has 2 heterocycles. The van der Waals surface area contributed by atoms with E-state index in [9.17, 15) is 4.79 Å². The van der Waals surface area contributed by atoms with Gasteiger partial charge in [0.1, 0.15) is 0 Å². The molecule has 1 aliphatic heterocycles. The quantitative estimate of drug-likeness (QED) is 0.787. The average Bonchev–Trinajstić information content (AvgIpc) is 2.89. The van der Waals surface area contributed by atoms with Crippen LogP contribution in [0.15, 0.2) is 5.38 Å². The molecule has 0 aliphatic carbocycles. The molecule has 1 aromatic heterocycles. The van der Waals surface area contributed by atoms with Crippen molar-refractivity contribution in [3.8, 4) is 0 Å². The van der Waals surface area contributed by atoms with Gasteiger partial charge in [-0.05, 0) is 25.7 Å². The van der Waals surface area contributed by atoms with Crippen LogP contribution in [-0.2, 0) is 4.74 Å². The van der Waals surface area contributed by atoms with E-state index in [0.29, 0.717) is 12.3 Å². The van der Waals surface area contributed by atoms with Crippen molar-refractivity contribution in [2.24, 2.45) is 5.92 Å². The molecular weight excluding hydrogens is 248 g/mol. The summed E-state index contributed by atoms with van der Waals surface area (Å²) in [5, 5.41) is 2.74. The van der Waals surface area contributed by atoms with Gasteiger partial charge in [0.25, 0.3) is 0 Å². The number of piperidine rings is 1. The fourth-order valence-corrected chi connectivity index (χ4v) is 3.09. The highest BCUT2D eigenvalue weighted by Crippen LogP contribution is 2.27. The molecular formula is C13H20N2O2S. The summed E-state index contributed by atoms with van der Waals surface area (Å²) in [5.74, 6) is 0.536. The molecule has 0 spiro atoms. The molecule has 0 unspecified atom stereocenters. The van der Waals surface area contributed by atoms with E-state index in [0.717, 1.165) is 24.1 Å². The lowest BCUT2D eigenvalue weighted by Gasteiger charge is -2.31. The van der Waals surface area contributed by atoms with Crippen LogP contribution in [0.25, 0.3) is 0 Å². The van der Waals surface area contributed by atoms with Gasteiger partial charge in [0.05, 0.1) is 6.61 Å². The number of rotatable bonds is 4. The van der Waals surface area contributed by atoms with Crippen LogP contribution in [0, 0.1) is 5.92 Å². The molecule has 100 valence electrons. The Morgan fingerprint density at radius 2 is 2.22 bits per heavy atom. The summed E-state index contributed by atoms with van der Waals surface area (Å²) < 4.78 is 4.95. The Morgan fingerprint density at radius 3 is 2.83 bits per heavy atom. The Bertz CT molecular complexity index is 397. The topological polar surface area (TPSA) is 42.4 Å². The zero-order valence-corrected chi connectivity index (χ0v) is 11.8. The molecule has 5 heteroatoms. The van der Waals surface area contributed by atoms with Crippen LogP contribution < -0.4 is 4.90 Å². The largest absolute Gasteiger partial charge is 0.461 e. The van der Waals surface area contributed by atoms with E-state index < -0.39 is 0 Å².